The topological polar surface area (TPSA) is 45.2 Å². The van der Waals surface area contributed by atoms with Gasteiger partial charge in [0.05, 0.1) is 16.8 Å². The highest BCUT2D eigenvalue weighted by molar-refractivity contribution is 7.09. The fourth-order valence-electron chi connectivity index (χ4n) is 2.59. The quantitative estimate of drug-likeness (QED) is 0.872. The summed E-state index contributed by atoms with van der Waals surface area (Å²) >= 11 is 1.73. The summed E-state index contributed by atoms with van der Waals surface area (Å²) in [5.41, 5.74) is 1.22. The largest absolute Gasteiger partial charge is 0.392 e. The molecular weight excluding hydrogens is 256 g/mol. The Labute approximate surface area is 120 Å². The zero-order valence-electron chi connectivity index (χ0n) is 12.3. The monoisotopic (exact) mass is 282 g/mol. The van der Waals surface area contributed by atoms with Crippen LogP contribution < -0.4 is 5.32 Å². The van der Waals surface area contributed by atoms with Crippen molar-refractivity contribution in [3.8, 4) is 0 Å². The lowest BCUT2D eigenvalue weighted by atomic mass is 9.98. The SMILES string of the molecule is CC(C)(C)c1nc(CNCC(O)C2CCCC2)cs1. The van der Waals surface area contributed by atoms with E-state index >= 15 is 0 Å². The molecule has 1 unspecified atom stereocenters. The van der Waals surface area contributed by atoms with Gasteiger partial charge in [-0.05, 0) is 18.8 Å². The lowest BCUT2D eigenvalue weighted by molar-refractivity contribution is 0.109. The van der Waals surface area contributed by atoms with Crippen molar-refractivity contribution in [1.82, 2.24) is 10.3 Å². The molecule has 1 aromatic rings. The number of nitrogens with one attached hydrogen (secondary N) is 1. The van der Waals surface area contributed by atoms with E-state index in [-0.39, 0.29) is 11.5 Å². The summed E-state index contributed by atoms with van der Waals surface area (Å²) in [6, 6.07) is 0. The van der Waals surface area contributed by atoms with Gasteiger partial charge in [-0.1, -0.05) is 33.6 Å². The molecule has 4 heteroatoms. The first-order valence-electron chi connectivity index (χ1n) is 7.30. The van der Waals surface area contributed by atoms with Crippen LogP contribution in [0.15, 0.2) is 5.38 Å². The van der Waals surface area contributed by atoms with Gasteiger partial charge < -0.3 is 10.4 Å². The summed E-state index contributed by atoms with van der Waals surface area (Å²) in [7, 11) is 0. The van der Waals surface area contributed by atoms with Gasteiger partial charge in [-0.2, -0.15) is 0 Å². The van der Waals surface area contributed by atoms with Crippen LogP contribution in [0.4, 0.5) is 0 Å². The Morgan fingerprint density at radius 1 is 1.42 bits per heavy atom. The summed E-state index contributed by atoms with van der Waals surface area (Å²) in [6.07, 6.45) is 4.75. The van der Waals surface area contributed by atoms with Crippen molar-refractivity contribution in [2.75, 3.05) is 6.54 Å². The Hall–Kier alpha value is -0.450. The maximum Gasteiger partial charge on any atom is 0.0982 e. The predicted molar refractivity (Wildman–Crippen MR) is 80.5 cm³/mol. The summed E-state index contributed by atoms with van der Waals surface area (Å²) in [6.45, 7) is 8.01. The summed E-state index contributed by atoms with van der Waals surface area (Å²) in [5, 5.41) is 16.7. The second-order valence-corrected chi connectivity index (χ2v) is 7.49. The molecule has 3 nitrogen and oxygen atoms in total. The Balaban J connectivity index is 1.74. The zero-order valence-corrected chi connectivity index (χ0v) is 13.1. The number of aliphatic hydroxyl groups excluding tert-OH is 1. The van der Waals surface area contributed by atoms with E-state index < -0.39 is 0 Å². The fraction of sp³-hybridized carbons (Fsp3) is 0.800. The van der Waals surface area contributed by atoms with Crippen LogP contribution in [0.2, 0.25) is 0 Å². The third-order valence-electron chi connectivity index (χ3n) is 3.80. The van der Waals surface area contributed by atoms with Gasteiger partial charge in [-0.3, -0.25) is 0 Å². The van der Waals surface area contributed by atoms with Crippen LogP contribution in [0.25, 0.3) is 0 Å². The molecule has 1 aliphatic carbocycles. The van der Waals surface area contributed by atoms with Gasteiger partial charge in [0.15, 0.2) is 0 Å². The van der Waals surface area contributed by atoms with Crippen molar-refractivity contribution in [2.45, 2.75) is 64.5 Å². The van der Waals surface area contributed by atoms with E-state index in [9.17, 15) is 5.11 Å². The summed E-state index contributed by atoms with van der Waals surface area (Å²) < 4.78 is 0. The van der Waals surface area contributed by atoms with Crippen LogP contribution in [0.5, 0.6) is 0 Å². The Bertz CT molecular complexity index is 391. The lowest BCUT2D eigenvalue weighted by Gasteiger charge is -2.17. The average Bonchev–Trinajstić information content (AvgIpc) is 2.99. The molecule has 0 aliphatic heterocycles. The Morgan fingerprint density at radius 3 is 2.68 bits per heavy atom. The van der Waals surface area contributed by atoms with E-state index in [0.29, 0.717) is 12.5 Å². The number of rotatable bonds is 5. The summed E-state index contributed by atoms with van der Waals surface area (Å²) in [5.74, 6) is 0.507. The van der Waals surface area contributed by atoms with Crippen LogP contribution in [-0.4, -0.2) is 22.7 Å². The van der Waals surface area contributed by atoms with Gasteiger partial charge in [-0.15, -0.1) is 11.3 Å². The normalized spacial score (nSPS) is 18.9. The van der Waals surface area contributed by atoms with E-state index in [2.05, 4.69) is 36.5 Å². The second kappa shape index (κ2) is 6.33. The Morgan fingerprint density at radius 2 is 2.11 bits per heavy atom. The Kier molecular flexibility index (Phi) is 4.98. The second-order valence-electron chi connectivity index (χ2n) is 6.64. The van der Waals surface area contributed by atoms with E-state index in [1.54, 1.807) is 11.3 Å². The van der Waals surface area contributed by atoms with E-state index in [1.165, 1.54) is 30.7 Å². The van der Waals surface area contributed by atoms with Gasteiger partial charge in [0.1, 0.15) is 0 Å². The predicted octanol–water partition coefficient (Wildman–Crippen LogP) is 3.08. The van der Waals surface area contributed by atoms with E-state index in [4.69, 9.17) is 0 Å². The molecule has 1 saturated carbocycles. The molecule has 1 fully saturated rings. The highest BCUT2D eigenvalue weighted by atomic mass is 32.1. The van der Waals surface area contributed by atoms with Crippen LogP contribution in [0.3, 0.4) is 0 Å². The maximum atomic E-state index is 10.1. The van der Waals surface area contributed by atoms with Crippen molar-refractivity contribution in [1.29, 1.82) is 0 Å². The first-order chi connectivity index (χ1) is 8.97. The number of hydrogen-bond donors (Lipinski definition) is 2. The standard InChI is InChI=1S/C15H26N2OS/c1-15(2,3)14-17-12(10-19-14)8-16-9-13(18)11-6-4-5-7-11/h10-11,13,16,18H,4-9H2,1-3H3. The molecule has 0 radical (unpaired) electrons. The molecule has 0 amide bonds. The number of thiazole rings is 1. The maximum absolute atomic E-state index is 10.1. The lowest BCUT2D eigenvalue weighted by Crippen LogP contribution is -2.31. The van der Waals surface area contributed by atoms with Gasteiger partial charge in [0.2, 0.25) is 0 Å². The van der Waals surface area contributed by atoms with Crippen molar-refractivity contribution in [2.24, 2.45) is 5.92 Å². The number of aromatic nitrogens is 1. The molecule has 1 aromatic heterocycles. The van der Waals surface area contributed by atoms with Crippen molar-refractivity contribution >= 4 is 11.3 Å². The highest BCUT2D eigenvalue weighted by Gasteiger charge is 2.23. The first-order valence-corrected chi connectivity index (χ1v) is 8.18. The van der Waals surface area contributed by atoms with Gasteiger partial charge in [0, 0.05) is 23.9 Å². The van der Waals surface area contributed by atoms with E-state index in [1.807, 2.05) is 0 Å². The van der Waals surface area contributed by atoms with Crippen molar-refractivity contribution in [3.63, 3.8) is 0 Å². The number of nitrogens with zero attached hydrogens (tertiary/aromatic N) is 1. The molecule has 1 aliphatic rings. The molecule has 108 valence electrons. The molecule has 0 bridgehead atoms. The minimum atomic E-state index is -0.191. The minimum Gasteiger partial charge on any atom is -0.392 e. The zero-order chi connectivity index (χ0) is 13.9. The molecule has 0 aromatic carbocycles. The van der Waals surface area contributed by atoms with Gasteiger partial charge in [0.25, 0.3) is 0 Å². The van der Waals surface area contributed by atoms with Crippen LogP contribution >= 0.6 is 11.3 Å². The summed E-state index contributed by atoms with van der Waals surface area (Å²) in [4.78, 5) is 4.65. The van der Waals surface area contributed by atoms with Crippen molar-refractivity contribution in [3.05, 3.63) is 16.1 Å². The van der Waals surface area contributed by atoms with Crippen LogP contribution in [0, 0.1) is 5.92 Å². The molecule has 0 saturated heterocycles. The third kappa shape index (κ3) is 4.26. The molecule has 19 heavy (non-hydrogen) atoms. The van der Waals surface area contributed by atoms with E-state index in [0.717, 1.165) is 12.2 Å². The van der Waals surface area contributed by atoms with Crippen LogP contribution in [0.1, 0.15) is 57.2 Å². The van der Waals surface area contributed by atoms with Crippen molar-refractivity contribution < 1.29 is 5.11 Å². The van der Waals surface area contributed by atoms with Crippen LogP contribution in [-0.2, 0) is 12.0 Å². The molecular formula is C15H26N2OS. The minimum absolute atomic E-state index is 0.131. The first kappa shape index (κ1) is 14.9. The number of aliphatic hydroxyl groups is 1. The molecule has 0 spiro atoms. The fourth-order valence-corrected chi connectivity index (χ4v) is 3.50. The third-order valence-corrected chi connectivity index (χ3v) is 5.11. The van der Waals surface area contributed by atoms with Gasteiger partial charge >= 0.3 is 0 Å². The smallest absolute Gasteiger partial charge is 0.0982 e. The molecule has 2 N–H and O–H groups in total. The number of hydrogen-bond acceptors (Lipinski definition) is 4. The molecule has 1 atom stereocenters. The molecule has 1 heterocycles. The molecule has 2 rings (SSSR count). The highest BCUT2D eigenvalue weighted by Crippen LogP contribution is 2.27. The average molecular weight is 282 g/mol. The van der Waals surface area contributed by atoms with Gasteiger partial charge in [-0.25, -0.2) is 4.98 Å².